The normalized spacial score (nSPS) is 26.6. The number of nitrogens with zero attached hydrogens (tertiary/aromatic N) is 3. The Morgan fingerprint density at radius 3 is 2.44 bits per heavy atom. The molecule has 0 aliphatic carbocycles. The van der Waals surface area contributed by atoms with Crippen molar-refractivity contribution in [3.8, 4) is 17.6 Å². The van der Waals surface area contributed by atoms with Crippen LogP contribution >= 0.6 is 0 Å². The quantitative estimate of drug-likeness (QED) is 0.555. The van der Waals surface area contributed by atoms with Gasteiger partial charge in [-0.15, -0.1) is 0 Å². The predicted molar refractivity (Wildman–Crippen MR) is 151 cm³/mol. The summed E-state index contributed by atoms with van der Waals surface area (Å²) >= 11 is 0. The number of carbonyl (C=O) groups excluding carboxylic acids is 1. The summed E-state index contributed by atoms with van der Waals surface area (Å²) in [5.41, 5.74) is 16.3. The number of fused-ring (bicyclic) bond motifs is 7. The number of methoxy groups -OCH3 is 1. The van der Waals surface area contributed by atoms with E-state index < -0.39 is 6.04 Å². The van der Waals surface area contributed by atoms with Crippen molar-refractivity contribution >= 4 is 5.91 Å². The van der Waals surface area contributed by atoms with Crippen molar-refractivity contribution in [3.63, 3.8) is 0 Å². The third-order valence-corrected chi connectivity index (χ3v) is 9.88. The van der Waals surface area contributed by atoms with E-state index in [9.17, 15) is 15.2 Å². The van der Waals surface area contributed by atoms with E-state index in [-0.39, 0.29) is 41.9 Å². The first-order valence-corrected chi connectivity index (χ1v) is 13.8. The number of phenolic OH excluding ortho intramolecular Hbond substituents is 1. The number of aryl methyl sites for hydroxylation is 1. The number of carbonyl (C=O) groups is 1. The number of amides is 1. The molecule has 6 atom stereocenters. The maximum Gasteiger partial charge on any atom is 0.236 e. The third kappa shape index (κ3) is 3.94. The van der Waals surface area contributed by atoms with Gasteiger partial charge in [0.1, 0.15) is 6.04 Å². The number of hydrogen-bond donors (Lipinski definition) is 3. The molecule has 1 amide bonds. The molecule has 3 aliphatic heterocycles. The second kappa shape index (κ2) is 9.81. The van der Waals surface area contributed by atoms with Crippen molar-refractivity contribution in [1.29, 1.82) is 5.26 Å². The molecular formula is C31H41N5O3. The van der Waals surface area contributed by atoms with Crippen LogP contribution in [-0.2, 0) is 17.6 Å². The molecule has 208 valence electrons. The standard InChI is InChI=1S/C31H41N5O3/c1-14-9-20-10-22-24(12-32)36-23(28(35(22)7)27(20)29(37)30(14)39-8)11-21-17(4)15(2)16(3)18(5)26(21)25(36)13-34-31(38)19(6)33/h9,19,22-25,28,37H,10-11,13,33H2,1-8H3,(H,34,38)/t19-,22-,23-,24-,25-,28-/m0/s1. The van der Waals surface area contributed by atoms with Crippen LogP contribution in [0.3, 0.4) is 0 Å². The van der Waals surface area contributed by atoms with E-state index in [1.54, 1.807) is 14.0 Å². The smallest absolute Gasteiger partial charge is 0.236 e. The molecule has 2 aromatic carbocycles. The molecule has 0 unspecified atom stereocenters. The zero-order valence-electron chi connectivity index (χ0n) is 24.3. The van der Waals surface area contributed by atoms with Crippen molar-refractivity contribution < 1.29 is 14.6 Å². The van der Waals surface area contributed by atoms with Gasteiger partial charge in [0, 0.05) is 24.2 Å². The van der Waals surface area contributed by atoms with E-state index in [0.29, 0.717) is 18.7 Å². The molecule has 4 N–H and O–H groups in total. The number of ether oxygens (including phenoxy) is 1. The van der Waals surface area contributed by atoms with Crippen molar-refractivity contribution in [3.05, 3.63) is 56.1 Å². The van der Waals surface area contributed by atoms with Gasteiger partial charge in [-0.2, -0.15) is 5.26 Å². The van der Waals surface area contributed by atoms with Crippen LogP contribution in [0.4, 0.5) is 0 Å². The van der Waals surface area contributed by atoms with Crippen molar-refractivity contribution in [2.24, 2.45) is 5.73 Å². The Morgan fingerprint density at radius 1 is 1.15 bits per heavy atom. The van der Waals surface area contributed by atoms with E-state index in [1.807, 2.05) is 6.92 Å². The second-order valence-corrected chi connectivity index (χ2v) is 11.8. The first-order valence-electron chi connectivity index (χ1n) is 13.8. The highest BCUT2D eigenvalue weighted by molar-refractivity contribution is 5.81. The molecule has 8 nitrogen and oxygen atoms in total. The van der Waals surface area contributed by atoms with Gasteiger partial charge in [0.05, 0.1) is 31.3 Å². The third-order valence-electron chi connectivity index (χ3n) is 9.88. The van der Waals surface area contributed by atoms with Crippen LogP contribution < -0.4 is 15.8 Å². The number of piperazine rings is 1. The molecule has 8 heteroatoms. The lowest BCUT2D eigenvalue weighted by Gasteiger charge is -2.60. The fourth-order valence-electron chi connectivity index (χ4n) is 7.62. The van der Waals surface area contributed by atoms with Crippen LogP contribution in [0.2, 0.25) is 0 Å². The molecule has 3 aliphatic rings. The number of likely N-dealkylation sites (N-methyl/N-ethyl adjacent to an activating group) is 1. The lowest BCUT2D eigenvalue weighted by Crippen LogP contribution is -2.69. The summed E-state index contributed by atoms with van der Waals surface area (Å²) in [6.45, 7) is 12.7. The lowest BCUT2D eigenvalue weighted by atomic mass is 9.70. The molecule has 5 rings (SSSR count). The highest BCUT2D eigenvalue weighted by Gasteiger charge is 2.55. The van der Waals surface area contributed by atoms with Crippen molar-refractivity contribution in [1.82, 2.24) is 15.1 Å². The van der Waals surface area contributed by atoms with Gasteiger partial charge >= 0.3 is 0 Å². The Morgan fingerprint density at radius 2 is 1.82 bits per heavy atom. The van der Waals surface area contributed by atoms with E-state index in [1.165, 1.54) is 33.4 Å². The average Bonchev–Trinajstić information content (AvgIpc) is 2.89. The average molecular weight is 532 g/mol. The van der Waals surface area contributed by atoms with Crippen LogP contribution in [0, 0.1) is 45.9 Å². The first-order chi connectivity index (χ1) is 18.4. The molecule has 1 fully saturated rings. The van der Waals surface area contributed by atoms with Crippen molar-refractivity contribution in [2.45, 2.75) is 90.6 Å². The monoisotopic (exact) mass is 531 g/mol. The maximum absolute atomic E-state index is 12.7. The van der Waals surface area contributed by atoms with Gasteiger partial charge in [-0.3, -0.25) is 14.6 Å². The molecule has 2 aromatic rings. The highest BCUT2D eigenvalue weighted by atomic mass is 16.5. The number of nitrogens with one attached hydrogen (secondary N) is 1. The number of rotatable bonds is 4. The van der Waals surface area contributed by atoms with Gasteiger partial charge < -0.3 is 20.9 Å². The number of phenols is 1. The predicted octanol–water partition coefficient (Wildman–Crippen LogP) is 3.18. The Hall–Kier alpha value is -3.12. The van der Waals surface area contributed by atoms with Gasteiger partial charge in [0.25, 0.3) is 0 Å². The minimum absolute atomic E-state index is 0.0583. The summed E-state index contributed by atoms with van der Waals surface area (Å²) in [4.78, 5) is 17.3. The van der Waals surface area contributed by atoms with E-state index in [4.69, 9.17) is 10.5 Å². The zero-order valence-corrected chi connectivity index (χ0v) is 24.3. The number of nitriles is 1. The molecule has 3 heterocycles. The number of aromatic hydroxyl groups is 1. The Labute approximate surface area is 231 Å². The van der Waals surface area contributed by atoms with Crippen LogP contribution in [0.1, 0.15) is 69.1 Å². The number of nitrogens with two attached hydrogens (primary N) is 1. The van der Waals surface area contributed by atoms with Crippen LogP contribution in [0.5, 0.6) is 11.5 Å². The Kier molecular flexibility index (Phi) is 6.91. The highest BCUT2D eigenvalue weighted by Crippen LogP contribution is 2.54. The molecule has 39 heavy (non-hydrogen) atoms. The van der Waals surface area contributed by atoms with Crippen LogP contribution in [0.15, 0.2) is 6.07 Å². The van der Waals surface area contributed by atoms with Crippen LogP contribution in [0.25, 0.3) is 0 Å². The Balaban J connectivity index is 1.75. The molecule has 0 spiro atoms. The van der Waals surface area contributed by atoms with E-state index in [0.717, 1.165) is 23.1 Å². The minimum Gasteiger partial charge on any atom is -0.504 e. The molecule has 0 saturated carbocycles. The molecule has 0 radical (unpaired) electrons. The number of benzene rings is 2. The van der Waals surface area contributed by atoms with Gasteiger partial charge in [-0.05, 0) is 106 Å². The van der Waals surface area contributed by atoms with Gasteiger partial charge in [-0.1, -0.05) is 6.07 Å². The fourth-order valence-corrected chi connectivity index (χ4v) is 7.62. The van der Waals surface area contributed by atoms with Gasteiger partial charge in [0.2, 0.25) is 5.91 Å². The second-order valence-electron chi connectivity index (χ2n) is 11.8. The summed E-state index contributed by atoms with van der Waals surface area (Å²) < 4.78 is 5.63. The summed E-state index contributed by atoms with van der Waals surface area (Å²) in [5, 5.41) is 25.3. The number of hydrogen-bond acceptors (Lipinski definition) is 7. The summed E-state index contributed by atoms with van der Waals surface area (Å²) in [7, 11) is 3.67. The largest absolute Gasteiger partial charge is 0.504 e. The van der Waals surface area contributed by atoms with Gasteiger partial charge in [-0.25, -0.2) is 0 Å². The fraction of sp³-hybridized carbons (Fsp3) is 0.548. The summed E-state index contributed by atoms with van der Waals surface area (Å²) in [5.74, 6) is 0.492. The minimum atomic E-state index is -0.621. The zero-order chi connectivity index (χ0) is 28.5. The molecule has 0 aromatic heterocycles. The van der Waals surface area contributed by atoms with Crippen molar-refractivity contribution in [2.75, 3.05) is 20.7 Å². The SMILES string of the molecule is COc1c(C)cc2c(c1O)[C@@H]1[C@@H]3Cc4c(C)c(C)c(C)c(C)c4[C@H](CNC(=O)[C@H](C)N)N3[C@@H](C#N)[C@H](C2)N1C. The van der Waals surface area contributed by atoms with Crippen LogP contribution in [-0.4, -0.2) is 65.7 Å². The maximum atomic E-state index is 12.7. The van der Waals surface area contributed by atoms with E-state index in [2.05, 4.69) is 62.0 Å². The molecular weight excluding hydrogens is 490 g/mol. The molecule has 2 bridgehead atoms. The summed E-state index contributed by atoms with van der Waals surface area (Å²) in [6.07, 6.45) is 1.40. The first kappa shape index (κ1) is 27.4. The van der Waals surface area contributed by atoms with E-state index >= 15 is 0 Å². The topological polar surface area (TPSA) is 115 Å². The molecule has 1 saturated heterocycles. The summed E-state index contributed by atoms with van der Waals surface area (Å²) in [6, 6.07) is 3.29. The lowest BCUT2D eigenvalue weighted by molar-refractivity contribution is -0.123. The Bertz CT molecular complexity index is 1390. The van der Waals surface area contributed by atoms with Gasteiger partial charge in [0.15, 0.2) is 11.5 Å².